The number of hydrogen-bond donors (Lipinski definition) is 1. The summed E-state index contributed by atoms with van der Waals surface area (Å²) in [5, 5.41) is 0.0210. The van der Waals surface area contributed by atoms with Gasteiger partial charge in [-0.25, -0.2) is 13.1 Å². The lowest BCUT2D eigenvalue weighted by atomic mass is 10.0. The normalized spacial score (nSPS) is 12.9. The van der Waals surface area contributed by atoms with Gasteiger partial charge in [0.25, 0.3) is 0 Å². The molecule has 0 aliphatic heterocycles. The van der Waals surface area contributed by atoms with Crippen molar-refractivity contribution in [1.29, 1.82) is 0 Å². The molecule has 0 fully saturated rings. The van der Waals surface area contributed by atoms with Gasteiger partial charge >= 0.3 is 0 Å². The summed E-state index contributed by atoms with van der Waals surface area (Å²) in [5.41, 5.74) is 2.00. The van der Waals surface area contributed by atoms with Gasteiger partial charge in [-0.3, -0.25) is 0 Å². The van der Waals surface area contributed by atoms with Crippen LogP contribution in [-0.2, 0) is 10.0 Å². The Kier molecular flexibility index (Phi) is 6.15. The molecule has 4 nitrogen and oxygen atoms in total. The molecule has 0 amide bonds. The van der Waals surface area contributed by atoms with Crippen molar-refractivity contribution < 1.29 is 13.2 Å². The minimum absolute atomic E-state index is 0.0534. The highest BCUT2D eigenvalue weighted by molar-refractivity contribution is 7.89. The van der Waals surface area contributed by atoms with Gasteiger partial charge in [-0.2, -0.15) is 0 Å². The van der Waals surface area contributed by atoms with E-state index in [4.69, 9.17) is 27.9 Å². The Morgan fingerprint density at radius 2 is 1.71 bits per heavy atom. The molecule has 2 aromatic carbocycles. The fourth-order valence-electron chi connectivity index (χ4n) is 2.32. The number of aryl methyl sites for hydroxylation is 1. The molecule has 0 saturated heterocycles. The molecule has 0 bridgehead atoms. The second-order valence-electron chi connectivity index (χ2n) is 5.39. The summed E-state index contributed by atoms with van der Waals surface area (Å²) in [6.45, 7) is 3.89. The third-order valence-electron chi connectivity index (χ3n) is 3.71. The van der Waals surface area contributed by atoms with Gasteiger partial charge in [0.1, 0.15) is 15.7 Å². The van der Waals surface area contributed by atoms with Crippen LogP contribution in [0.3, 0.4) is 0 Å². The van der Waals surface area contributed by atoms with E-state index in [1.165, 1.54) is 19.2 Å². The molecule has 130 valence electrons. The van der Waals surface area contributed by atoms with Crippen LogP contribution in [0.25, 0.3) is 0 Å². The molecule has 7 heteroatoms. The average Bonchev–Trinajstić information content (AvgIpc) is 2.55. The molecule has 0 aromatic heterocycles. The van der Waals surface area contributed by atoms with Crippen LogP contribution in [-0.4, -0.2) is 15.5 Å². The maximum Gasteiger partial charge on any atom is 0.242 e. The van der Waals surface area contributed by atoms with Crippen molar-refractivity contribution in [2.24, 2.45) is 0 Å². The van der Waals surface area contributed by atoms with Gasteiger partial charge in [-0.1, -0.05) is 60.0 Å². The number of halogens is 2. The lowest BCUT2D eigenvalue weighted by Crippen LogP contribution is -2.28. The standard InChI is InChI=1S/C17H19Cl2NO3S/c1-4-13(12-7-5-11(2)6-8-12)20-24(21,22)15-10-9-14(23-3)16(18)17(15)19/h5-10,13,20H,4H2,1-3H3/t13-/m0/s1. The van der Waals surface area contributed by atoms with E-state index in [1.807, 2.05) is 38.1 Å². The van der Waals surface area contributed by atoms with Crippen molar-refractivity contribution in [3.63, 3.8) is 0 Å². The molecule has 0 unspecified atom stereocenters. The topological polar surface area (TPSA) is 55.4 Å². The number of sulfonamides is 1. The van der Waals surface area contributed by atoms with Crippen LogP contribution in [0, 0.1) is 6.92 Å². The minimum Gasteiger partial charge on any atom is -0.495 e. The maximum atomic E-state index is 12.7. The molecule has 0 radical (unpaired) electrons. The molecule has 2 aromatic rings. The van der Waals surface area contributed by atoms with Gasteiger partial charge in [-0.15, -0.1) is 0 Å². The Morgan fingerprint density at radius 1 is 1.08 bits per heavy atom. The van der Waals surface area contributed by atoms with Crippen molar-refractivity contribution in [3.8, 4) is 5.75 Å². The zero-order valence-electron chi connectivity index (χ0n) is 13.6. The highest BCUT2D eigenvalue weighted by atomic mass is 35.5. The lowest BCUT2D eigenvalue weighted by molar-refractivity contribution is 0.414. The number of rotatable bonds is 6. The van der Waals surface area contributed by atoms with Crippen molar-refractivity contribution in [2.75, 3.05) is 7.11 Å². The number of ether oxygens (including phenoxy) is 1. The van der Waals surface area contributed by atoms with Crippen LogP contribution in [0.4, 0.5) is 0 Å². The Bertz CT molecular complexity index is 820. The van der Waals surface area contributed by atoms with E-state index >= 15 is 0 Å². The number of benzene rings is 2. The van der Waals surface area contributed by atoms with Gasteiger partial charge in [0.05, 0.1) is 12.1 Å². The Labute approximate surface area is 152 Å². The largest absolute Gasteiger partial charge is 0.495 e. The quantitative estimate of drug-likeness (QED) is 0.778. The summed E-state index contributed by atoms with van der Waals surface area (Å²) in [4.78, 5) is -0.0690. The molecule has 0 heterocycles. The van der Waals surface area contributed by atoms with Gasteiger partial charge in [0.15, 0.2) is 0 Å². The predicted octanol–water partition coefficient (Wildman–Crippen LogP) is 4.74. The van der Waals surface area contributed by atoms with Crippen LogP contribution >= 0.6 is 23.2 Å². The smallest absolute Gasteiger partial charge is 0.242 e. The molecule has 24 heavy (non-hydrogen) atoms. The third-order valence-corrected chi connectivity index (χ3v) is 6.20. The molecule has 0 saturated carbocycles. The first-order valence-electron chi connectivity index (χ1n) is 7.41. The molecule has 0 spiro atoms. The zero-order chi connectivity index (χ0) is 17.9. The van der Waals surface area contributed by atoms with Crippen LogP contribution in [0.2, 0.25) is 10.0 Å². The molecule has 1 atom stereocenters. The van der Waals surface area contributed by atoms with Gasteiger partial charge in [0, 0.05) is 6.04 Å². The molecule has 0 aliphatic rings. The zero-order valence-corrected chi connectivity index (χ0v) is 16.0. The lowest BCUT2D eigenvalue weighted by Gasteiger charge is -2.19. The van der Waals surface area contributed by atoms with E-state index in [0.717, 1.165) is 11.1 Å². The predicted molar refractivity (Wildman–Crippen MR) is 97.5 cm³/mol. The van der Waals surface area contributed by atoms with E-state index < -0.39 is 10.0 Å². The molecular formula is C17H19Cl2NO3S. The third kappa shape index (κ3) is 4.03. The molecule has 2 rings (SSSR count). The van der Waals surface area contributed by atoms with E-state index in [2.05, 4.69) is 4.72 Å². The van der Waals surface area contributed by atoms with E-state index in [1.54, 1.807) is 0 Å². The number of hydrogen-bond acceptors (Lipinski definition) is 3. The monoisotopic (exact) mass is 387 g/mol. The van der Waals surface area contributed by atoms with Crippen molar-refractivity contribution >= 4 is 33.2 Å². The van der Waals surface area contributed by atoms with Crippen LogP contribution < -0.4 is 9.46 Å². The fraction of sp³-hybridized carbons (Fsp3) is 0.294. The van der Waals surface area contributed by atoms with Crippen molar-refractivity contribution in [3.05, 3.63) is 57.6 Å². The Hall–Kier alpha value is -1.27. The van der Waals surface area contributed by atoms with E-state index in [-0.39, 0.29) is 21.0 Å². The number of methoxy groups -OCH3 is 1. The minimum atomic E-state index is -3.83. The van der Waals surface area contributed by atoms with E-state index in [0.29, 0.717) is 12.2 Å². The van der Waals surface area contributed by atoms with Crippen LogP contribution in [0.15, 0.2) is 41.3 Å². The highest BCUT2D eigenvalue weighted by Gasteiger charge is 2.25. The summed E-state index contributed by atoms with van der Waals surface area (Å²) in [6, 6.07) is 10.2. The molecule has 1 N–H and O–H groups in total. The van der Waals surface area contributed by atoms with Crippen molar-refractivity contribution in [2.45, 2.75) is 31.2 Å². The van der Waals surface area contributed by atoms with E-state index in [9.17, 15) is 8.42 Å². The Morgan fingerprint density at radius 3 is 2.25 bits per heavy atom. The van der Waals surface area contributed by atoms with Gasteiger partial charge < -0.3 is 4.74 Å². The summed E-state index contributed by atoms with van der Waals surface area (Å²) in [6.07, 6.45) is 0.601. The Balaban J connectivity index is 2.36. The second-order valence-corrected chi connectivity index (χ2v) is 7.83. The summed E-state index contributed by atoms with van der Waals surface area (Å²) >= 11 is 12.2. The summed E-state index contributed by atoms with van der Waals surface area (Å²) in [5.74, 6) is 0.325. The summed E-state index contributed by atoms with van der Waals surface area (Å²) < 4.78 is 33.2. The maximum absolute atomic E-state index is 12.7. The first-order chi connectivity index (χ1) is 11.3. The fourth-order valence-corrected chi connectivity index (χ4v) is 4.46. The first kappa shape index (κ1) is 19.1. The summed E-state index contributed by atoms with van der Waals surface area (Å²) in [7, 11) is -2.39. The SMILES string of the molecule is CC[C@H](NS(=O)(=O)c1ccc(OC)c(Cl)c1Cl)c1ccc(C)cc1. The second kappa shape index (κ2) is 7.74. The highest BCUT2D eigenvalue weighted by Crippen LogP contribution is 2.37. The number of nitrogens with one attached hydrogen (secondary N) is 1. The van der Waals surface area contributed by atoms with Gasteiger partial charge in [0.2, 0.25) is 10.0 Å². The van der Waals surface area contributed by atoms with Crippen LogP contribution in [0.1, 0.15) is 30.5 Å². The van der Waals surface area contributed by atoms with Crippen LogP contribution in [0.5, 0.6) is 5.75 Å². The average molecular weight is 388 g/mol. The molecular weight excluding hydrogens is 369 g/mol. The van der Waals surface area contributed by atoms with Gasteiger partial charge in [-0.05, 0) is 31.0 Å². The van der Waals surface area contributed by atoms with Crippen molar-refractivity contribution in [1.82, 2.24) is 4.72 Å². The first-order valence-corrected chi connectivity index (χ1v) is 9.65. The molecule has 0 aliphatic carbocycles.